The fraction of sp³-hybridized carbons (Fsp3) is 0.500. The van der Waals surface area contributed by atoms with Crippen LogP contribution < -0.4 is 30.8 Å². The van der Waals surface area contributed by atoms with E-state index in [1.165, 1.54) is 6.33 Å². The number of anilines is 2. The normalized spacial score (nSPS) is 15.7. The average Bonchev–Trinajstić information content (AvgIpc) is 4.44. The van der Waals surface area contributed by atoms with Crippen molar-refractivity contribution in [3.63, 3.8) is 0 Å². The summed E-state index contributed by atoms with van der Waals surface area (Å²) in [5.74, 6) is 0.877. The second kappa shape index (κ2) is 33.2. The molecule has 2 aliphatic heterocycles. The number of aromatic nitrogens is 8. The first kappa shape index (κ1) is 65.9. The summed E-state index contributed by atoms with van der Waals surface area (Å²) >= 11 is 11.5. The minimum atomic E-state index is -4.16. The topological polar surface area (TPSA) is 348 Å². The number of nitrogens with zero attached hydrogens (tertiary/aromatic N) is 9. The molecular weight excluding hydrogens is 1140 g/mol. The standard InChI is InChI=1S/C24H32ClN6O6P.C11H18N5O5P.C7H13NO2.C6H5ClO.ClH/c1-3-13-36-22-20-21(28-24(26)29-22)30(15-27-20)12-14-34-16-38(33,37-18-9-7-17(25)8-10-18)31-11-5-6-19(31)23(32)35-4-2;1-2-4-21-10-8-9(14-11(12)15-10)16(6-13-8)3-5-20-7-22(17,18)19;1-2-10-7(9)6-4-3-5-8-6;7-5-1-3-6(8)4-2-5;/h7-10,15,19H,3-6,11-14,16H2,1-2H3,(H2,26,28,29);6H,2-5,7H2,1H3,(H2,12,14,15)(H2,17,18,19);6,8H,2-5H2,1H3;1-4,8H;1H/t19-,38?;;6-;;/m0.0../s1. The van der Waals surface area contributed by atoms with E-state index in [9.17, 15) is 18.7 Å². The van der Waals surface area contributed by atoms with Gasteiger partial charge in [-0.1, -0.05) is 37.0 Å². The summed E-state index contributed by atoms with van der Waals surface area (Å²) in [6.07, 6.45) is 7.12. The first-order valence-corrected chi connectivity index (χ1v) is 29.4. The Morgan fingerprint density at radius 1 is 0.709 bits per heavy atom. The highest BCUT2D eigenvalue weighted by molar-refractivity contribution is 7.56. The molecule has 6 heterocycles. The summed E-state index contributed by atoms with van der Waals surface area (Å²) in [7, 11) is -7.81. The Bertz CT molecular complexity index is 2900. The number of nitrogens with one attached hydrogen (secondary N) is 1. The number of nitrogens with two attached hydrogens (primary N) is 2. The van der Waals surface area contributed by atoms with Crippen molar-refractivity contribution in [3.8, 4) is 23.3 Å². The number of rotatable bonds is 23. The van der Waals surface area contributed by atoms with E-state index in [0.717, 1.165) is 32.2 Å². The predicted molar refractivity (Wildman–Crippen MR) is 299 cm³/mol. The SMILES string of the molecule is CCCOc1nc(N)nc2c1ncn2CCOCP(=O)(O)O.CCCOc1nc(N)nc2c1ncn2CCOCP(=O)(Oc1ccc(Cl)cc1)N1CCC[C@H]1C(=O)OCC.CCOC(=O)[C@@H]1CCCN1.Cl.Oc1ccc(Cl)cc1. The summed E-state index contributed by atoms with van der Waals surface area (Å²) in [4.78, 5) is 66.1. The number of hydrogen-bond acceptors (Lipinski definition) is 21. The highest BCUT2D eigenvalue weighted by atomic mass is 35.5. The fourth-order valence-corrected chi connectivity index (χ4v) is 10.3. The van der Waals surface area contributed by atoms with Crippen molar-refractivity contribution in [1.82, 2.24) is 49.0 Å². The third kappa shape index (κ3) is 21.1. The minimum Gasteiger partial charge on any atom is -0.508 e. The number of imidazole rings is 2. The number of nitrogen functional groups attached to an aromatic ring is 2. The zero-order valence-corrected chi connectivity index (χ0v) is 48.3. The van der Waals surface area contributed by atoms with Gasteiger partial charge in [-0.2, -0.15) is 19.9 Å². The Kier molecular flexibility index (Phi) is 27.7. The molecular formula is C48H69Cl3N12O14P2. The quantitative estimate of drug-likeness (QED) is 0.0209. The van der Waals surface area contributed by atoms with Gasteiger partial charge < -0.3 is 73.8 Å². The molecule has 79 heavy (non-hydrogen) atoms. The van der Waals surface area contributed by atoms with Gasteiger partial charge >= 0.3 is 27.1 Å². The molecule has 31 heteroatoms. The number of benzene rings is 2. The van der Waals surface area contributed by atoms with E-state index in [-0.39, 0.29) is 68.2 Å². The zero-order chi connectivity index (χ0) is 56.7. The Labute approximate surface area is 473 Å². The molecule has 436 valence electrons. The lowest BCUT2D eigenvalue weighted by Crippen LogP contribution is -2.37. The van der Waals surface area contributed by atoms with E-state index in [2.05, 4.69) is 35.2 Å². The second-order valence-corrected chi connectivity index (χ2v) is 21.8. The van der Waals surface area contributed by atoms with Gasteiger partial charge in [-0.3, -0.25) is 18.7 Å². The number of esters is 2. The number of aromatic hydroxyl groups is 1. The minimum absolute atomic E-state index is 0. The monoisotopic (exact) mass is 1200 g/mol. The maximum Gasteiger partial charge on any atom is 0.350 e. The molecule has 8 rings (SSSR count). The summed E-state index contributed by atoms with van der Waals surface area (Å²) in [6.45, 7) is 11.5. The van der Waals surface area contributed by atoms with Gasteiger partial charge in [-0.15, -0.1) is 12.4 Å². The number of carbonyl (C=O) groups excluding carboxylic acids is 2. The van der Waals surface area contributed by atoms with Gasteiger partial charge in [0.25, 0.3) is 0 Å². The lowest BCUT2D eigenvalue weighted by Gasteiger charge is -2.31. The molecule has 2 aliphatic rings. The molecule has 4 aromatic heterocycles. The molecule has 26 nitrogen and oxygen atoms in total. The van der Waals surface area contributed by atoms with Crippen molar-refractivity contribution >= 4 is 96.9 Å². The second-order valence-electron chi connectivity index (χ2n) is 17.1. The molecule has 0 radical (unpaired) electrons. The number of carbonyl (C=O) groups is 2. The van der Waals surface area contributed by atoms with Gasteiger partial charge in [0.1, 0.15) is 36.3 Å². The molecule has 6 aromatic rings. The van der Waals surface area contributed by atoms with Crippen molar-refractivity contribution in [2.75, 3.05) is 76.9 Å². The lowest BCUT2D eigenvalue weighted by molar-refractivity contribution is -0.147. The van der Waals surface area contributed by atoms with Crippen LogP contribution in [0, 0.1) is 0 Å². The number of halogens is 3. The number of phenols is 1. The van der Waals surface area contributed by atoms with E-state index >= 15 is 0 Å². The Morgan fingerprint density at radius 2 is 1.22 bits per heavy atom. The van der Waals surface area contributed by atoms with Gasteiger partial charge in [-0.05, 0) is 107 Å². The number of fused-ring (bicyclic) bond motifs is 2. The van der Waals surface area contributed by atoms with Crippen LogP contribution in [-0.4, -0.2) is 148 Å². The molecule has 0 aliphatic carbocycles. The Morgan fingerprint density at radius 3 is 1.68 bits per heavy atom. The summed E-state index contributed by atoms with van der Waals surface area (Å²) in [6, 6.07) is 12.2. The van der Waals surface area contributed by atoms with Crippen LogP contribution in [0.2, 0.25) is 10.0 Å². The van der Waals surface area contributed by atoms with Crippen LogP contribution in [0.4, 0.5) is 11.9 Å². The van der Waals surface area contributed by atoms with E-state index in [1.54, 1.807) is 75.6 Å². The first-order chi connectivity index (χ1) is 37.4. The highest BCUT2D eigenvalue weighted by Crippen LogP contribution is 2.54. The highest BCUT2D eigenvalue weighted by Gasteiger charge is 2.45. The Balaban J connectivity index is 0.000000272. The van der Waals surface area contributed by atoms with Crippen LogP contribution in [0.1, 0.15) is 66.2 Å². The molecule has 0 bridgehead atoms. The van der Waals surface area contributed by atoms with Crippen LogP contribution in [0.5, 0.6) is 23.3 Å². The number of phenolic OH excluding ortho intramolecular Hbond substituents is 1. The number of ether oxygens (including phenoxy) is 6. The third-order valence-electron chi connectivity index (χ3n) is 10.9. The molecule has 2 fully saturated rings. The van der Waals surface area contributed by atoms with Crippen molar-refractivity contribution < 1.29 is 66.6 Å². The smallest absolute Gasteiger partial charge is 0.350 e. The molecule has 0 spiro atoms. The Hall–Kier alpha value is -5.63. The zero-order valence-electron chi connectivity index (χ0n) is 44.2. The first-order valence-electron chi connectivity index (χ1n) is 25.1. The summed E-state index contributed by atoms with van der Waals surface area (Å²) < 4.78 is 67.9. The molecule has 8 N–H and O–H groups in total. The lowest BCUT2D eigenvalue weighted by atomic mass is 10.2. The molecule has 0 saturated carbocycles. The maximum atomic E-state index is 14.2. The van der Waals surface area contributed by atoms with Crippen LogP contribution in [0.25, 0.3) is 22.3 Å². The molecule has 3 atom stereocenters. The van der Waals surface area contributed by atoms with Crippen molar-refractivity contribution in [2.45, 2.75) is 91.4 Å². The molecule has 0 amide bonds. The van der Waals surface area contributed by atoms with E-state index in [0.29, 0.717) is 102 Å². The largest absolute Gasteiger partial charge is 0.508 e. The van der Waals surface area contributed by atoms with Crippen molar-refractivity contribution in [1.29, 1.82) is 0 Å². The predicted octanol–water partition coefficient (Wildman–Crippen LogP) is 7.24. The van der Waals surface area contributed by atoms with Crippen LogP contribution in [-0.2, 0) is 50.8 Å². The molecule has 2 aromatic carbocycles. The average molecular weight is 1210 g/mol. The van der Waals surface area contributed by atoms with E-state index in [4.69, 9.17) is 82.5 Å². The van der Waals surface area contributed by atoms with Crippen molar-refractivity contribution in [3.05, 3.63) is 71.2 Å². The third-order valence-corrected chi connectivity index (χ3v) is 14.2. The van der Waals surface area contributed by atoms with Gasteiger partial charge in [0, 0.05) is 29.7 Å². The van der Waals surface area contributed by atoms with Crippen LogP contribution in [0.3, 0.4) is 0 Å². The van der Waals surface area contributed by atoms with Crippen molar-refractivity contribution in [2.24, 2.45) is 0 Å². The fourth-order valence-electron chi connectivity index (χ4n) is 7.46. The van der Waals surface area contributed by atoms with Gasteiger partial charge in [0.15, 0.2) is 22.3 Å². The van der Waals surface area contributed by atoms with Gasteiger partial charge in [0.05, 0.1) is 52.3 Å². The van der Waals surface area contributed by atoms with Crippen LogP contribution in [0.15, 0.2) is 61.2 Å². The van der Waals surface area contributed by atoms with E-state index < -0.39 is 33.5 Å². The van der Waals surface area contributed by atoms with Crippen LogP contribution >= 0.6 is 50.7 Å². The summed E-state index contributed by atoms with van der Waals surface area (Å²) in [5, 5.41) is 12.9. The molecule has 2 saturated heterocycles. The number of hydrogen-bond donors (Lipinski definition) is 6. The van der Waals surface area contributed by atoms with Gasteiger partial charge in [-0.25, -0.2) is 14.6 Å². The maximum absolute atomic E-state index is 14.2. The van der Waals surface area contributed by atoms with E-state index in [1.807, 2.05) is 20.8 Å². The summed E-state index contributed by atoms with van der Waals surface area (Å²) in [5.41, 5.74) is 13.5. The molecule has 1 unspecified atom stereocenters. The van der Waals surface area contributed by atoms with Gasteiger partial charge in [0.2, 0.25) is 23.7 Å².